The summed E-state index contributed by atoms with van der Waals surface area (Å²) in [5.41, 5.74) is 3.14. The first-order valence-corrected chi connectivity index (χ1v) is 9.39. The van der Waals surface area contributed by atoms with Gasteiger partial charge in [-0.1, -0.05) is 72.8 Å². The standard InChI is InChI=1S/C24H25FN2O/c1-18(19-13-15-22(25)16-14-19)26-23(28)17-27(2)24(20-9-5-3-6-10-20)21-11-7-4-8-12-21/h3-16,18,24H,17H2,1-2H3,(H,26,28). The Morgan fingerprint density at radius 1 is 0.857 bits per heavy atom. The molecule has 0 bridgehead atoms. The van der Waals surface area contributed by atoms with E-state index in [1.807, 2.05) is 55.3 Å². The molecule has 144 valence electrons. The van der Waals surface area contributed by atoms with Crippen molar-refractivity contribution in [2.24, 2.45) is 0 Å². The van der Waals surface area contributed by atoms with Crippen LogP contribution in [0.4, 0.5) is 4.39 Å². The number of rotatable bonds is 7. The summed E-state index contributed by atoms with van der Waals surface area (Å²) in [5.74, 6) is -0.355. The molecular formula is C24H25FN2O. The predicted octanol–water partition coefficient (Wildman–Crippen LogP) is 4.72. The van der Waals surface area contributed by atoms with Gasteiger partial charge in [0, 0.05) is 0 Å². The third kappa shape index (κ3) is 5.05. The van der Waals surface area contributed by atoms with Crippen LogP contribution < -0.4 is 5.32 Å². The van der Waals surface area contributed by atoms with Gasteiger partial charge >= 0.3 is 0 Å². The van der Waals surface area contributed by atoms with Crippen LogP contribution in [0.1, 0.15) is 35.7 Å². The number of benzene rings is 3. The Hall–Kier alpha value is -2.98. The summed E-state index contributed by atoms with van der Waals surface area (Å²) in [4.78, 5) is 14.7. The highest BCUT2D eigenvalue weighted by molar-refractivity contribution is 5.78. The number of likely N-dealkylation sites (N-methyl/N-ethyl adjacent to an activating group) is 1. The minimum Gasteiger partial charge on any atom is -0.348 e. The molecule has 0 aliphatic carbocycles. The number of carbonyl (C=O) groups is 1. The van der Waals surface area contributed by atoms with Crippen molar-refractivity contribution >= 4 is 5.91 Å². The topological polar surface area (TPSA) is 32.3 Å². The van der Waals surface area contributed by atoms with Crippen molar-refractivity contribution < 1.29 is 9.18 Å². The van der Waals surface area contributed by atoms with Crippen LogP contribution >= 0.6 is 0 Å². The molecular weight excluding hydrogens is 351 g/mol. The Labute approximate surface area is 165 Å². The van der Waals surface area contributed by atoms with E-state index in [9.17, 15) is 9.18 Å². The minimum absolute atomic E-state index is 0.0192. The Balaban J connectivity index is 1.72. The Bertz CT molecular complexity index is 842. The first-order chi connectivity index (χ1) is 13.5. The van der Waals surface area contributed by atoms with Gasteiger partial charge in [0.05, 0.1) is 18.6 Å². The van der Waals surface area contributed by atoms with Gasteiger partial charge < -0.3 is 5.32 Å². The van der Waals surface area contributed by atoms with Crippen molar-refractivity contribution in [2.45, 2.75) is 19.0 Å². The molecule has 0 heterocycles. The van der Waals surface area contributed by atoms with Gasteiger partial charge in [0.2, 0.25) is 5.91 Å². The number of hydrogen-bond acceptors (Lipinski definition) is 2. The Morgan fingerprint density at radius 2 is 1.36 bits per heavy atom. The van der Waals surface area contributed by atoms with E-state index in [2.05, 4.69) is 29.6 Å². The number of amides is 1. The third-order valence-electron chi connectivity index (χ3n) is 4.81. The number of halogens is 1. The first-order valence-electron chi connectivity index (χ1n) is 9.39. The highest BCUT2D eigenvalue weighted by atomic mass is 19.1. The molecule has 0 aliphatic rings. The molecule has 3 rings (SSSR count). The maximum Gasteiger partial charge on any atom is 0.234 e. The lowest BCUT2D eigenvalue weighted by Gasteiger charge is -2.29. The largest absolute Gasteiger partial charge is 0.348 e. The fourth-order valence-electron chi connectivity index (χ4n) is 3.41. The summed E-state index contributed by atoms with van der Waals surface area (Å²) in [6.45, 7) is 2.15. The van der Waals surface area contributed by atoms with E-state index in [-0.39, 0.29) is 30.4 Å². The quantitative estimate of drug-likeness (QED) is 0.647. The first kappa shape index (κ1) is 19.8. The van der Waals surface area contributed by atoms with Crippen LogP contribution in [0.5, 0.6) is 0 Å². The summed E-state index contributed by atoms with van der Waals surface area (Å²) >= 11 is 0. The number of nitrogens with one attached hydrogen (secondary N) is 1. The maximum atomic E-state index is 13.1. The van der Waals surface area contributed by atoms with Crippen LogP contribution in [-0.2, 0) is 4.79 Å². The van der Waals surface area contributed by atoms with Crippen LogP contribution in [0.15, 0.2) is 84.9 Å². The van der Waals surface area contributed by atoms with E-state index in [1.54, 1.807) is 12.1 Å². The van der Waals surface area contributed by atoms with Crippen molar-refractivity contribution in [1.82, 2.24) is 10.2 Å². The summed E-state index contributed by atoms with van der Waals surface area (Å²) in [7, 11) is 1.95. The lowest BCUT2D eigenvalue weighted by Crippen LogP contribution is -2.38. The zero-order chi connectivity index (χ0) is 19.9. The minimum atomic E-state index is -0.282. The zero-order valence-corrected chi connectivity index (χ0v) is 16.2. The zero-order valence-electron chi connectivity index (χ0n) is 16.2. The second-order valence-electron chi connectivity index (χ2n) is 6.98. The second kappa shape index (κ2) is 9.29. The SMILES string of the molecule is CC(NC(=O)CN(C)C(c1ccccc1)c1ccccc1)c1ccc(F)cc1. The lowest BCUT2D eigenvalue weighted by atomic mass is 9.97. The van der Waals surface area contributed by atoms with Gasteiger partial charge in [0.15, 0.2) is 0 Å². The van der Waals surface area contributed by atoms with E-state index < -0.39 is 0 Å². The molecule has 3 aromatic rings. The number of carbonyl (C=O) groups excluding carboxylic acids is 1. The molecule has 3 nitrogen and oxygen atoms in total. The van der Waals surface area contributed by atoms with Gasteiger partial charge in [-0.05, 0) is 42.8 Å². The van der Waals surface area contributed by atoms with Gasteiger partial charge in [0.25, 0.3) is 0 Å². The van der Waals surface area contributed by atoms with Crippen LogP contribution in [0.2, 0.25) is 0 Å². The highest BCUT2D eigenvalue weighted by Gasteiger charge is 2.21. The Kier molecular flexibility index (Phi) is 6.56. The summed E-state index contributed by atoms with van der Waals surface area (Å²) < 4.78 is 13.1. The molecule has 0 saturated carbocycles. The fourth-order valence-corrected chi connectivity index (χ4v) is 3.41. The summed E-state index contributed by atoms with van der Waals surface area (Å²) in [5, 5.41) is 3.00. The van der Waals surface area contributed by atoms with Crippen LogP contribution in [0.3, 0.4) is 0 Å². The fraction of sp³-hybridized carbons (Fsp3) is 0.208. The predicted molar refractivity (Wildman–Crippen MR) is 110 cm³/mol. The van der Waals surface area contributed by atoms with Crippen LogP contribution in [0.25, 0.3) is 0 Å². The molecule has 0 saturated heterocycles. The molecule has 3 aromatic carbocycles. The van der Waals surface area contributed by atoms with Gasteiger partial charge in [-0.3, -0.25) is 9.69 Å². The number of hydrogen-bond donors (Lipinski definition) is 1. The van der Waals surface area contributed by atoms with E-state index >= 15 is 0 Å². The van der Waals surface area contributed by atoms with Crippen LogP contribution in [0, 0.1) is 5.82 Å². The smallest absolute Gasteiger partial charge is 0.234 e. The van der Waals surface area contributed by atoms with E-state index in [0.29, 0.717) is 0 Å². The highest BCUT2D eigenvalue weighted by Crippen LogP contribution is 2.27. The van der Waals surface area contributed by atoms with Crippen molar-refractivity contribution in [3.63, 3.8) is 0 Å². The van der Waals surface area contributed by atoms with E-state index in [1.165, 1.54) is 12.1 Å². The average Bonchev–Trinajstić information content (AvgIpc) is 2.70. The van der Waals surface area contributed by atoms with Gasteiger partial charge in [-0.25, -0.2) is 4.39 Å². The molecule has 0 aromatic heterocycles. The number of nitrogens with zero attached hydrogens (tertiary/aromatic N) is 1. The second-order valence-corrected chi connectivity index (χ2v) is 6.98. The normalized spacial score (nSPS) is 12.2. The molecule has 4 heteroatoms. The molecule has 1 N–H and O–H groups in total. The monoisotopic (exact) mass is 376 g/mol. The van der Waals surface area contributed by atoms with Crippen molar-refractivity contribution in [3.05, 3.63) is 107 Å². The third-order valence-corrected chi connectivity index (χ3v) is 4.81. The molecule has 0 aliphatic heterocycles. The molecule has 1 amide bonds. The molecule has 1 unspecified atom stereocenters. The Morgan fingerprint density at radius 3 is 1.86 bits per heavy atom. The van der Waals surface area contributed by atoms with Crippen LogP contribution in [-0.4, -0.2) is 24.4 Å². The maximum absolute atomic E-state index is 13.1. The van der Waals surface area contributed by atoms with Gasteiger partial charge in [-0.2, -0.15) is 0 Å². The summed E-state index contributed by atoms with van der Waals surface area (Å²) in [6.07, 6.45) is 0. The van der Waals surface area contributed by atoms with Gasteiger partial charge in [-0.15, -0.1) is 0 Å². The van der Waals surface area contributed by atoms with E-state index in [0.717, 1.165) is 16.7 Å². The summed E-state index contributed by atoms with van der Waals surface area (Å²) in [6, 6.07) is 26.3. The average molecular weight is 376 g/mol. The van der Waals surface area contributed by atoms with Gasteiger partial charge in [0.1, 0.15) is 5.82 Å². The van der Waals surface area contributed by atoms with Crippen molar-refractivity contribution in [3.8, 4) is 0 Å². The molecule has 28 heavy (non-hydrogen) atoms. The lowest BCUT2D eigenvalue weighted by molar-refractivity contribution is -0.122. The van der Waals surface area contributed by atoms with Crippen molar-refractivity contribution in [1.29, 1.82) is 0 Å². The molecule has 0 fully saturated rings. The molecule has 0 spiro atoms. The van der Waals surface area contributed by atoms with Crippen molar-refractivity contribution in [2.75, 3.05) is 13.6 Å². The van der Waals surface area contributed by atoms with E-state index in [4.69, 9.17) is 0 Å². The molecule has 1 atom stereocenters. The molecule has 0 radical (unpaired) electrons.